The Kier molecular flexibility index (Phi) is 4.45. The molecule has 1 aliphatic rings. The van der Waals surface area contributed by atoms with Crippen molar-refractivity contribution in [2.75, 3.05) is 13.1 Å². The molecular formula is C17H24N4S. The molecule has 0 spiro atoms. The van der Waals surface area contributed by atoms with E-state index in [1.807, 2.05) is 16.3 Å². The first-order valence-electron chi connectivity index (χ1n) is 7.98. The maximum atomic E-state index is 5.59. The van der Waals surface area contributed by atoms with Crippen LogP contribution >= 0.6 is 12.2 Å². The molecule has 0 aliphatic carbocycles. The quantitative estimate of drug-likeness (QED) is 0.809. The van der Waals surface area contributed by atoms with E-state index >= 15 is 0 Å². The molecule has 1 aromatic heterocycles. The summed E-state index contributed by atoms with van der Waals surface area (Å²) in [5.74, 6) is 1.80. The molecule has 1 fully saturated rings. The number of benzene rings is 1. The molecule has 0 saturated carbocycles. The summed E-state index contributed by atoms with van der Waals surface area (Å²) < 4.78 is 4.77. The van der Waals surface area contributed by atoms with Gasteiger partial charge in [-0.05, 0) is 43.5 Å². The van der Waals surface area contributed by atoms with Crippen molar-refractivity contribution in [2.45, 2.75) is 33.4 Å². The number of hydrogen-bond donors (Lipinski definition) is 0. The largest absolute Gasteiger partial charge is 0.303 e. The zero-order valence-electron chi connectivity index (χ0n) is 13.6. The third-order valence-electron chi connectivity index (χ3n) is 4.64. The fourth-order valence-electron chi connectivity index (χ4n) is 3.03. The van der Waals surface area contributed by atoms with E-state index in [9.17, 15) is 0 Å². The average molecular weight is 316 g/mol. The van der Waals surface area contributed by atoms with Gasteiger partial charge in [-0.25, -0.2) is 4.68 Å². The van der Waals surface area contributed by atoms with Gasteiger partial charge in [-0.3, -0.25) is 4.90 Å². The Morgan fingerprint density at radius 3 is 2.59 bits per heavy atom. The molecule has 3 rings (SSSR count). The van der Waals surface area contributed by atoms with Crippen LogP contribution < -0.4 is 0 Å². The first-order valence-corrected chi connectivity index (χ1v) is 8.39. The lowest BCUT2D eigenvalue weighted by atomic mass is 10.00. The maximum absolute atomic E-state index is 5.59. The molecule has 0 atom stereocenters. The van der Waals surface area contributed by atoms with Gasteiger partial charge in [0.25, 0.3) is 0 Å². The number of aryl methyl sites for hydroxylation is 1. The molecule has 0 N–H and O–H groups in total. The third kappa shape index (κ3) is 3.01. The molecule has 1 aliphatic heterocycles. The number of rotatable bonds is 3. The molecule has 22 heavy (non-hydrogen) atoms. The molecule has 0 bridgehead atoms. The number of likely N-dealkylation sites (tertiary alicyclic amines) is 1. The van der Waals surface area contributed by atoms with Crippen molar-refractivity contribution >= 4 is 12.2 Å². The highest BCUT2D eigenvalue weighted by Crippen LogP contribution is 2.22. The third-order valence-corrected chi connectivity index (χ3v) is 5.12. The Bertz CT molecular complexity index is 708. The van der Waals surface area contributed by atoms with Gasteiger partial charge in [0.15, 0.2) is 10.6 Å². The van der Waals surface area contributed by atoms with Crippen molar-refractivity contribution in [3.63, 3.8) is 0 Å². The molecule has 2 heterocycles. The summed E-state index contributed by atoms with van der Waals surface area (Å²) >= 11 is 5.59. The van der Waals surface area contributed by atoms with Crippen LogP contribution in [-0.2, 0) is 13.7 Å². The van der Waals surface area contributed by atoms with Crippen molar-refractivity contribution in [1.29, 1.82) is 0 Å². The summed E-state index contributed by atoms with van der Waals surface area (Å²) in [5.41, 5.74) is 2.38. The van der Waals surface area contributed by atoms with Gasteiger partial charge >= 0.3 is 0 Å². The molecule has 118 valence electrons. The van der Waals surface area contributed by atoms with E-state index in [1.165, 1.54) is 18.4 Å². The molecule has 2 aromatic rings. The fraction of sp³-hybridized carbons (Fsp3) is 0.529. The molecule has 1 aromatic carbocycles. The molecule has 4 nitrogen and oxygen atoms in total. The Hall–Kier alpha value is -1.46. The average Bonchev–Trinajstić information content (AvgIpc) is 2.78. The standard InChI is InChI=1S/C17H24N4S/c1-13-8-10-20(11-9-13)12-21-17(22)19(3)16(18-21)15-7-5-4-6-14(15)2/h4-7,13H,8-12H2,1-3H3. The first kappa shape index (κ1) is 15.4. The van der Waals surface area contributed by atoms with Gasteiger partial charge in [0.05, 0.1) is 6.67 Å². The number of hydrogen-bond acceptors (Lipinski definition) is 3. The van der Waals surface area contributed by atoms with Gasteiger partial charge in [0.2, 0.25) is 0 Å². The van der Waals surface area contributed by atoms with E-state index in [0.717, 1.165) is 41.8 Å². The number of nitrogens with zero attached hydrogens (tertiary/aromatic N) is 4. The lowest BCUT2D eigenvalue weighted by Crippen LogP contribution is -2.34. The highest BCUT2D eigenvalue weighted by atomic mass is 32.1. The summed E-state index contributed by atoms with van der Waals surface area (Å²) in [7, 11) is 2.01. The minimum Gasteiger partial charge on any atom is -0.303 e. The topological polar surface area (TPSA) is 26.0 Å². The van der Waals surface area contributed by atoms with E-state index in [2.05, 4.69) is 43.0 Å². The molecule has 5 heteroatoms. The van der Waals surface area contributed by atoms with E-state index in [4.69, 9.17) is 17.3 Å². The minimum absolute atomic E-state index is 0.789. The van der Waals surface area contributed by atoms with Crippen LogP contribution in [0.15, 0.2) is 24.3 Å². The van der Waals surface area contributed by atoms with Gasteiger partial charge in [-0.15, -0.1) is 0 Å². The van der Waals surface area contributed by atoms with Crippen LogP contribution in [0.2, 0.25) is 0 Å². The molecule has 0 unspecified atom stereocenters. The SMILES string of the molecule is Cc1ccccc1-c1nn(CN2CCC(C)CC2)c(=S)n1C. The smallest absolute Gasteiger partial charge is 0.199 e. The van der Waals surface area contributed by atoms with Crippen molar-refractivity contribution in [2.24, 2.45) is 13.0 Å². The van der Waals surface area contributed by atoms with Crippen molar-refractivity contribution in [3.05, 3.63) is 34.6 Å². The van der Waals surface area contributed by atoms with Crippen LogP contribution in [0, 0.1) is 17.6 Å². The van der Waals surface area contributed by atoms with Gasteiger partial charge in [0.1, 0.15) is 0 Å². The lowest BCUT2D eigenvalue weighted by molar-refractivity contribution is 0.146. The predicted octanol–water partition coefficient (Wildman–Crippen LogP) is 3.62. The summed E-state index contributed by atoms with van der Waals surface area (Å²) in [4.78, 5) is 2.45. The lowest BCUT2D eigenvalue weighted by Gasteiger charge is -2.29. The van der Waals surface area contributed by atoms with Crippen molar-refractivity contribution in [3.8, 4) is 11.4 Å². The van der Waals surface area contributed by atoms with E-state index in [-0.39, 0.29) is 0 Å². The highest BCUT2D eigenvalue weighted by Gasteiger charge is 2.18. The summed E-state index contributed by atoms with van der Waals surface area (Å²) in [6.45, 7) is 7.52. The Morgan fingerprint density at radius 2 is 1.91 bits per heavy atom. The second-order valence-corrected chi connectivity index (χ2v) is 6.79. The number of aromatic nitrogens is 3. The summed E-state index contributed by atoms with van der Waals surface area (Å²) in [6.07, 6.45) is 2.54. The summed E-state index contributed by atoms with van der Waals surface area (Å²) in [6, 6.07) is 8.33. The molecule has 0 radical (unpaired) electrons. The molecular weight excluding hydrogens is 292 g/mol. The Balaban J connectivity index is 1.87. The van der Waals surface area contributed by atoms with Crippen LogP contribution in [0.3, 0.4) is 0 Å². The van der Waals surface area contributed by atoms with Crippen LogP contribution in [0.25, 0.3) is 11.4 Å². The minimum atomic E-state index is 0.789. The second kappa shape index (κ2) is 6.34. The maximum Gasteiger partial charge on any atom is 0.199 e. The normalized spacial score (nSPS) is 17.0. The van der Waals surface area contributed by atoms with Crippen LogP contribution in [-0.4, -0.2) is 32.3 Å². The second-order valence-electron chi connectivity index (χ2n) is 6.42. The van der Waals surface area contributed by atoms with E-state index in [1.54, 1.807) is 0 Å². The monoisotopic (exact) mass is 316 g/mol. The van der Waals surface area contributed by atoms with Crippen molar-refractivity contribution in [1.82, 2.24) is 19.2 Å². The van der Waals surface area contributed by atoms with Crippen LogP contribution in [0.1, 0.15) is 25.3 Å². The van der Waals surface area contributed by atoms with Gasteiger partial charge < -0.3 is 4.57 Å². The Labute approximate surface area is 137 Å². The summed E-state index contributed by atoms with van der Waals surface area (Å²) in [5, 5.41) is 4.79. The van der Waals surface area contributed by atoms with E-state index < -0.39 is 0 Å². The van der Waals surface area contributed by atoms with Gasteiger partial charge in [-0.1, -0.05) is 31.2 Å². The molecule has 1 saturated heterocycles. The Morgan fingerprint density at radius 1 is 1.23 bits per heavy atom. The van der Waals surface area contributed by atoms with Crippen molar-refractivity contribution < 1.29 is 0 Å². The van der Waals surface area contributed by atoms with Gasteiger partial charge in [0, 0.05) is 25.7 Å². The number of piperidine rings is 1. The fourth-order valence-corrected chi connectivity index (χ4v) is 3.22. The van der Waals surface area contributed by atoms with Gasteiger partial charge in [-0.2, -0.15) is 5.10 Å². The van der Waals surface area contributed by atoms with E-state index in [0.29, 0.717) is 0 Å². The van der Waals surface area contributed by atoms with Crippen LogP contribution in [0.4, 0.5) is 0 Å². The van der Waals surface area contributed by atoms with Crippen LogP contribution in [0.5, 0.6) is 0 Å². The predicted molar refractivity (Wildman–Crippen MR) is 92.2 cm³/mol. The highest BCUT2D eigenvalue weighted by molar-refractivity contribution is 7.71. The molecule has 0 amide bonds. The zero-order chi connectivity index (χ0) is 15.7. The first-order chi connectivity index (χ1) is 10.6. The zero-order valence-corrected chi connectivity index (χ0v) is 14.4.